The number of aliphatic hydroxyl groups is 1. The van der Waals surface area contributed by atoms with Crippen LogP contribution >= 0.6 is 0 Å². The van der Waals surface area contributed by atoms with E-state index in [-0.39, 0.29) is 18.6 Å². The molecule has 0 aliphatic heterocycles. The lowest BCUT2D eigenvalue weighted by Gasteiger charge is -2.14. The number of carbonyl (C=O) groups is 1. The number of nitriles is 1. The minimum atomic E-state index is -0.370. The van der Waals surface area contributed by atoms with E-state index < -0.39 is 0 Å². The molecule has 0 saturated heterocycles. The second-order valence-electron chi connectivity index (χ2n) is 6.61. The van der Waals surface area contributed by atoms with Crippen LogP contribution in [0.1, 0.15) is 28.4 Å². The first-order chi connectivity index (χ1) is 13.5. The predicted molar refractivity (Wildman–Crippen MR) is 106 cm³/mol. The number of hydrogen-bond acceptors (Lipinski definition) is 5. The first-order valence-corrected chi connectivity index (χ1v) is 8.86. The Labute approximate surface area is 163 Å². The summed E-state index contributed by atoms with van der Waals surface area (Å²) < 4.78 is 0. The number of pyridine rings is 2. The first kappa shape index (κ1) is 19.2. The van der Waals surface area contributed by atoms with Crippen molar-refractivity contribution < 1.29 is 9.90 Å². The van der Waals surface area contributed by atoms with E-state index in [1.807, 2.05) is 25.1 Å². The fourth-order valence-electron chi connectivity index (χ4n) is 2.78. The highest BCUT2D eigenvalue weighted by molar-refractivity contribution is 5.97. The van der Waals surface area contributed by atoms with E-state index in [1.54, 1.807) is 43.7 Å². The van der Waals surface area contributed by atoms with Gasteiger partial charge in [0.25, 0.3) is 5.91 Å². The van der Waals surface area contributed by atoms with Crippen molar-refractivity contribution in [2.24, 2.45) is 0 Å². The summed E-state index contributed by atoms with van der Waals surface area (Å²) in [5, 5.41) is 21.4. The topological polar surface area (TPSA) is 98.9 Å². The molecule has 0 radical (unpaired) electrons. The number of nitrogens with zero attached hydrogens (tertiary/aromatic N) is 3. The summed E-state index contributed by atoms with van der Waals surface area (Å²) in [6, 6.07) is 12.6. The molecule has 2 N–H and O–H groups in total. The Balaban J connectivity index is 2.15. The van der Waals surface area contributed by atoms with Gasteiger partial charge in [-0.25, -0.2) is 0 Å². The van der Waals surface area contributed by atoms with Crippen molar-refractivity contribution >= 4 is 5.91 Å². The Bertz CT molecular complexity index is 1040. The Morgan fingerprint density at radius 1 is 1.21 bits per heavy atom. The number of amides is 1. The van der Waals surface area contributed by atoms with Crippen LogP contribution in [-0.4, -0.2) is 33.6 Å². The van der Waals surface area contributed by atoms with Crippen LogP contribution in [-0.2, 0) is 0 Å². The zero-order valence-corrected chi connectivity index (χ0v) is 15.7. The van der Waals surface area contributed by atoms with Gasteiger partial charge in [-0.05, 0) is 55.3 Å². The SMILES string of the molecule is Cc1ccc(-c2cc(C(=O)N[C@@H](C)CO)cc(-c3cnccc3C#N)c2)nc1. The van der Waals surface area contributed by atoms with Gasteiger partial charge < -0.3 is 10.4 Å². The highest BCUT2D eigenvalue weighted by atomic mass is 16.3. The van der Waals surface area contributed by atoms with E-state index in [4.69, 9.17) is 0 Å². The summed E-state index contributed by atoms with van der Waals surface area (Å²) in [6.45, 7) is 3.52. The highest BCUT2D eigenvalue weighted by Crippen LogP contribution is 2.29. The molecular weight excluding hydrogens is 352 g/mol. The molecule has 1 aromatic carbocycles. The van der Waals surface area contributed by atoms with E-state index >= 15 is 0 Å². The fraction of sp³-hybridized carbons (Fsp3) is 0.182. The maximum absolute atomic E-state index is 12.7. The summed E-state index contributed by atoms with van der Waals surface area (Å²) in [5.41, 5.74) is 4.75. The van der Waals surface area contributed by atoms with Crippen LogP contribution in [0.3, 0.4) is 0 Å². The molecule has 0 bridgehead atoms. The summed E-state index contributed by atoms with van der Waals surface area (Å²) in [5.74, 6) is -0.306. The van der Waals surface area contributed by atoms with Crippen LogP contribution in [0.15, 0.2) is 55.0 Å². The molecule has 0 aliphatic carbocycles. The first-order valence-electron chi connectivity index (χ1n) is 8.86. The lowest BCUT2D eigenvalue weighted by atomic mass is 9.96. The maximum atomic E-state index is 12.7. The molecule has 6 nitrogen and oxygen atoms in total. The fourth-order valence-corrected chi connectivity index (χ4v) is 2.78. The van der Waals surface area contributed by atoms with Gasteiger partial charge in [0.05, 0.1) is 23.9 Å². The van der Waals surface area contributed by atoms with Crippen LogP contribution in [0.25, 0.3) is 22.4 Å². The largest absolute Gasteiger partial charge is 0.394 e. The van der Waals surface area contributed by atoms with E-state index in [9.17, 15) is 15.2 Å². The Hall–Kier alpha value is -3.56. The number of aliphatic hydroxyl groups excluding tert-OH is 1. The maximum Gasteiger partial charge on any atom is 0.251 e. The predicted octanol–water partition coefficient (Wildman–Crippen LogP) is 3.10. The third kappa shape index (κ3) is 4.22. The van der Waals surface area contributed by atoms with Crippen LogP contribution in [0.4, 0.5) is 0 Å². The number of carbonyl (C=O) groups excluding carboxylic acids is 1. The number of rotatable bonds is 5. The summed E-state index contributed by atoms with van der Waals surface area (Å²) in [7, 11) is 0. The molecule has 0 saturated carbocycles. The summed E-state index contributed by atoms with van der Waals surface area (Å²) in [6.07, 6.45) is 4.93. The average molecular weight is 372 g/mol. The van der Waals surface area contributed by atoms with Crippen LogP contribution in [0.2, 0.25) is 0 Å². The summed E-state index contributed by atoms with van der Waals surface area (Å²) >= 11 is 0. The molecule has 1 amide bonds. The lowest BCUT2D eigenvalue weighted by molar-refractivity contribution is 0.0922. The second kappa shape index (κ2) is 8.42. The molecular formula is C22H20N4O2. The Morgan fingerprint density at radius 2 is 2.00 bits per heavy atom. The van der Waals surface area contributed by atoms with Crippen molar-refractivity contribution in [2.45, 2.75) is 19.9 Å². The van der Waals surface area contributed by atoms with Gasteiger partial charge in [0.15, 0.2) is 0 Å². The molecule has 3 rings (SSSR count). The monoisotopic (exact) mass is 372 g/mol. The Morgan fingerprint density at radius 3 is 2.68 bits per heavy atom. The summed E-state index contributed by atoms with van der Waals surface area (Å²) in [4.78, 5) is 21.2. The number of nitrogens with one attached hydrogen (secondary N) is 1. The number of aryl methyl sites for hydroxylation is 1. The van der Waals surface area contributed by atoms with Crippen LogP contribution < -0.4 is 5.32 Å². The third-order valence-electron chi connectivity index (χ3n) is 4.31. The smallest absolute Gasteiger partial charge is 0.251 e. The zero-order valence-electron chi connectivity index (χ0n) is 15.7. The zero-order chi connectivity index (χ0) is 20.1. The molecule has 0 spiro atoms. The molecule has 0 fully saturated rings. The van der Waals surface area contributed by atoms with E-state index in [0.29, 0.717) is 22.3 Å². The van der Waals surface area contributed by atoms with Gasteiger partial charge in [-0.1, -0.05) is 6.07 Å². The number of benzene rings is 1. The molecule has 6 heteroatoms. The number of hydrogen-bond donors (Lipinski definition) is 2. The molecule has 28 heavy (non-hydrogen) atoms. The van der Waals surface area contributed by atoms with Crippen molar-refractivity contribution in [3.05, 3.63) is 71.7 Å². The third-order valence-corrected chi connectivity index (χ3v) is 4.31. The van der Waals surface area contributed by atoms with E-state index in [0.717, 1.165) is 16.8 Å². The van der Waals surface area contributed by atoms with Gasteiger partial charge in [-0.2, -0.15) is 5.26 Å². The average Bonchev–Trinajstić information content (AvgIpc) is 2.73. The van der Waals surface area contributed by atoms with Crippen molar-refractivity contribution in [2.75, 3.05) is 6.61 Å². The Kier molecular flexibility index (Phi) is 5.78. The van der Waals surface area contributed by atoms with Gasteiger partial charge >= 0.3 is 0 Å². The molecule has 140 valence electrons. The molecule has 0 aliphatic rings. The number of aromatic nitrogens is 2. The van der Waals surface area contributed by atoms with Crippen molar-refractivity contribution in [1.29, 1.82) is 5.26 Å². The van der Waals surface area contributed by atoms with Crippen molar-refractivity contribution in [3.63, 3.8) is 0 Å². The molecule has 3 aromatic rings. The normalized spacial score (nSPS) is 11.5. The quantitative estimate of drug-likeness (QED) is 0.717. The molecule has 2 aromatic heterocycles. The lowest BCUT2D eigenvalue weighted by Crippen LogP contribution is -2.35. The minimum Gasteiger partial charge on any atom is -0.394 e. The van der Waals surface area contributed by atoms with Crippen molar-refractivity contribution in [3.8, 4) is 28.5 Å². The van der Waals surface area contributed by atoms with Gasteiger partial charge in [-0.15, -0.1) is 0 Å². The molecule has 2 heterocycles. The van der Waals surface area contributed by atoms with E-state index in [1.165, 1.54) is 0 Å². The van der Waals surface area contributed by atoms with Gasteiger partial charge in [0, 0.05) is 41.3 Å². The molecule has 0 unspecified atom stereocenters. The van der Waals surface area contributed by atoms with Crippen molar-refractivity contribution in [1.82, 2.24) is 15.3 Å². The van der Waals surface area contributed by atoms with Crippen LogP contribution in [0.5, 0.6) is 0 Å². The van der Waals surface area contributed by atoms with Gasteiger partial charge in [0.2, 0.25) is 0 Å². The van der Waals surface area contributed by atoms with E-state index in [2.05, 4.69) is 21.4 Å². The van der Waals surface area contributed by atoms with Gasteiger partial charge in [0.1, 0.15) is 0 Å². The van der Waals surface area contributed by atoms with Crippen LogP contribution in [0, 0.1) is 18.3 Å². The minimum absolute atomic E-state index is 0.154. The molecule has 1 atom stereocenters. The standard InChI is InChI=1S/C22H20N4O2/c1-14-3-4-21(25-11-14)18-7-17(20-12-24-6-5-16(20)10-23)8-19(9-18)22(28)26-15(2)13-27/h3-9,11-12,15,27H,13H2,1-2H3,(H,26,28)/t15-/m0/s1. The highest BCUT2D eigenvalue weighted by Gasteiger charge is 2.15. The van der Waals surface area contributed by atoms with Gasteiger partial charge in [-0.3, -0.25) is 14.8 Å². The second-order valence-corrected chi connectivity index (χ2v) is 6.61.